The molecule has 4 fully saturated rings. The summed E-state index contributed by atoms with van der Waals surface area (Å²) in [5.74, 6) is 2.74. The first-order valence-corrected chi connectivity index (χ1v) is 8.64. The van der Waals surface area contributed by atoms with Gasteiger partial charge < -0.3 is 15.2 Å². The van der Waals surface area contributed by atoms with Crippen LogP contribution in [-0.2, 0) is 4.74 Å². The van der Waals surface area contributed by atoms with Gasteiger partial charge >= 0.3 is 0 Å². The molecule has 4 saturated carbocycles. The van der Waals surface area contributed by atoms with Gasteiger partial charge in [0.15, 0.2) is 0 Å². The van der Waals surface area contributed by atoms with Crippen molar-refractivity contribution in [3.63, 3.8) is 0 Å². The third-order valence-corrected chi connectivity index (χ3v) is 5.88. The molecule has 4 rings (SSSR count). The van der Waals surface area contributed by atoms with Crippen LogP contribution in [0.25, 0.3) is 0 Å². The zero-order valence-corrected chi connectivity index (χ0v) is 13.1. The summed E-state index contributed by atoms with van der Waals surface area (Å²) >= 11 is 0. The highest BCUT2D eigenvalue weighted by Crippen LogP contribution is 2.57. The van der Waals surface area contributed by atoms with Gasteiger partial charge in [0.2, 0.25) is 0 Å². The van der Waals surface area contributed by atoms with Crippen molar-refractivity contribution < 1.29 is 9.84 Å². The van der Waals surface area contributed by atoms with Crippen LogP contribution >= 0.6 is 0 Å². The summed E-state index contributed by atoms with van der Waals surface area (Å²) in [7, 11) is 0. The maximum Gasteiger partial charge on any atom is 0.0898 e. The molecule has 0 aromatic heterocycles. The van der Waals surface area contributed by atoms with E-state index in [-0.39, 0.29) is 11.7 Å². The minimum atomic E-state index is -0.364. The van der Waals surface area contributed by atoms with E-state index >= 15 is 0 Å². The van der Waals surface area contributed by atoms with Crippen LogP contribution in [0.15, 0.2) is 0 Å². The first-order valence-electron chi connectivity index (χ1n) is 8.64. The molecule has 2 atom stereocenters. The molecule has 0 spiro atoms. The van der Waals surface area contributed by atoms with E-state index in [4.69, 9.17) is 4.74 Å². The molecule has 2 N–H and O–H groups in total. The van der Waals surface area contributed by atoms with Crippen molar-refractivity contribution >= 4 is 0 Å². The van der Waals surface area contributed by atoms with Crippen LogP contribution in [0.5, 0.6) is 0 Å². The summed E-state index contributed by atoms with van der Waals surface area (Å²) in [5.41, 5.74) is 0.131. The van der Waals surface area contributed by atoms with E-state index in [1.807, 2.05) is 0 Å². The number of hydrogen-bond acceptors (Lipinski definition) is 3. The number of ether oxygens (including phenoxy) is 1. The number of aliphatic hydroxyl groups excluding tert-OH is 1. The van der Waals surface area contributed by atoms with Crippen LogP contribution < -0.4 is 5.32 Å². The van der Waals surface area contributed by atoms with Crippen molar-refractivity contribution in [3.05, 3.63) is 0 Å². The quantitative estimate of drug-likeness (QED) is 0.754. The van der Waals surface area contributed by atoms with Crippen molar-refractivity contribution in [3.8, 4) is 0 Å². The second-order valence-corrected chi connectivity index (χ2v) is 7.78. The summed E-state index contributed by atoms with van der Waals surface area (Å²) in [4.78, 5) is 0. The fourth-order valence-corrected chi connectivity index (χ4v) is 5.02. The Morgan fingerprint density at radius 2 is 1.70 bits per heavy atom. The van der Waals surface area contributed by atoms with Crippen LogP contribution in [-0.4, -0.2) is 36.0 Å². The maximum atomic E-state index is 10.1. The Bertz CT molecular complexity index is 296. The lowest BCUT2D eigenvalue weighted by atomic mass is 9.54. The van der Waals surface area contributed by atoms with Gasteiger partial charge in [0, 0.05) is 12.6 Å². The zero-order valence-electron chi connectivity index (χ0n) is 13.1. The minimum absolute atomic E-state index is 0.131. The fraction of sp³-hybridized carbons (Fsp3) is 1.00. The standard InChI is InChI=1S/C17H31NO2/c1-3-12(2)18-10-16(19)11-20-17-7-13-4-14(8-17)6-15(5-13)9-17/h12-16,18-19H,3-11H2,1-2H3/t12-,13?,14?,15?,16-,17?/m0/s1. The van der Waals surface area contributed by atoms with Crippen molar-refractivity contribution in [2.24, 2.45) is 17.8 Å². The number of rotatable bonds is 7. The molecule has 0 aromatic carbocycles. The Hall–Kier alpha value is -0.120. The highest BCUT2D eigenvalue weighted by atomic mass is 16.5. The van der Waals surface area contributed by atoms with Gasteiger partial charge in [-0.25, -0.2) is 0 Å². The first kappa shape index (κ1) is 14.8. The van der Waals surface area contributed by atoms with Gasteiger partial charge in [-0.2, -0.15) is 0 Å². The third kappa shape index (κ3) is 3.20. The molecule has 4 aliphatic rings. The van der Waals surface area contributed by atoms with Gasteiger partial charge in [-0.15, -0.1) is 0 Å². The highest BCUT2D eigenvalue weighted by Gasteiger charge is 2.51. The van der Waals surface area contributed by atoms with E-state index in [1.165, 1.54) is 38.5 Å². The minimum Gasteiger partial charge on any atom is -0.389 e. The molecule has 0 saturated heterocycles. The second-order valence-electron chi connectivity index (χ2n) is 7.78. The summed E-state index contributed by atoms with van der Waals surface area (Å²) in [6.07, 6.45) is 8.83. The summed E-state index contributed by atoms with van der Waals surface area (Å²) < 4.78 is 6.28. The van der Waals surface area contributed by atoms with E-state index in [9.17, 15) is 5.11 Å². The van der Waals surface area contributed by atoms with Gasteiger partial charge in [0.1, 0.15) is 0 Å². The van der Waals surface area contributed by atoms with Gasteiger partial charge in [-0.3, -0.25) is 0 Å². The van der Waals surface area contributed by atoms with E-state index in [0.717, 1.165) is 24.2 Å². The Morgan fingerprint density at radius 3 is 2.20 bits per heavy atom. The Balaban J connectivity index is 1.46. The molecule has 0 amide bonds. The lowest BCUT2D eigenvalue weighted by molar-refractivity contribution is -0.174. The topological polar surface area (TPSA) is 41.5 Å². The molecule has 0 aliphatic heterocycles. The predicted molar refractivity (Wildman–Crippen MR) is 80.6 cm³/mol. The molecule has 0 heterocycles. The van der Waals surface area contributed by atoms with Gasteiger partial charge in [-0.05, 0) is 69.6 Å². The van der Waals surface area contributed by atoms with Crippen molar-refractivity contribution in [1.82, 2.24) is 5.32 Å². The Morgan fingerprint density at radius 1 is 1.15 bits per heavy atom. The highest BCUT2D eigenvalue weighted by molar-refractivity contribution is 5.03. The van der Waals surface area contributed by atoms with Crippen LogP contribution in [0.3, 0.4) is 0 Å². The molecular weight excluding hydrogens is 250 g/mol. The van der Waals surface area contributed by atoms with E-state index < -0.39 is 0 Å². The molecule has 3 nitrogen and oxygen atoms in total. The molecule has 0 unspecified atom stereocenters. The van der Waals surface area contributed by atoms with Crippen LogP contribution in [0.2, 0.25) is 0 Å². The lowest BCUT2D eigenvalue weighted by Gasteiger charge is -2.56. The molecule has 20 heavy (non-hydrogen) atoms. The van der Waals surface area contributed by atoms with E-state index in [2.05, 4.69) is 19.2 Å². The lowest BCUT2D eigenvalue weighted by Crippen LogP contribution is -2.53. The first-order chi connectivity index (χ1) is 9.58. The molecular formula is C17H31NO2. The average Bonchev–Trinajstić information content (AvgIpc) is 2.41. The molecule has 3 heteroatoms. The number of aliphatic hydroxyl groups is 1. The Labute approximate surface area is 123 Å². The van der Waals surface area contributed by atoms with Gasteiger partial charge in [-0.1, -0.05) is 6.92 Å². The third-order valence-electron chi connectivity index (χ3n) is 5.88. The molecule has 4 aliphatic carbocycles. The van der Waals surface area contributed by atoms with Crippen molar-refractivity contribution in [2.45, 2.75) is 76.5 Å². The fourth-order valence-electron chi connectivity index (χ4n) is 5.02. The molecule has 116 valence electrons. The normalized spacial score (nSPS) is 41.9. The second kappa shape index (κ2) is 5.94. The zero-order chi connectivity index (χ0) is 14.2. The van der Waals surface area contributed by atoms with Crippen LogP contribution in [0, 0.1) is 17.8 Å². The number of hydrogen-bond donors (Lipinski definition) is 2. The Kier molecular flexibility index (Phi) is 4.40. The summed E-state index contributed by atoms with van der Waals surface area (Å²) in [6.45, 7) is 5.49. The average molecular weight is 281 g/mol. The number of nitrogens with one attached hydrogen (secondary N) is 1. The monoisotopic (exact) mass is 281 g/mol. The molecule has 0 aromatic rings. The van der Waals surface area contributed by atoms with Crippen LogP contribution in [0.4, 0.5) is 0 Å². The van der Waals surface area contributed by atoms with Crippen molar-refractivity contribution in [1.29, 1.82) is 0 Å². The van der Waals surface area contributed by atoms with Crippen LogP contribution in [0.1, 0.15) is 58.8 Å². The van der Waals surface area contributed by atoms with Crippen molar-refractivity contribution in [2.75, 3.05) is 13.2 Å². The molecule has 4 bridgehead atoms. The maximum absolute atomic E-state index is 10.1. The smallest absolute Gasteiger partial charge is 0.0898 e. The van der Waals surface area contributed by atoms with Gasteiger partial charge in [0.05, 0.1) is 18.3 Å². The molecule has 0 radical (unpaired) electrons. The largest absolute Gasteiger partial charge is 0.389 e. The summed E-state index contributed by atoms with van der Waals surface area (Å²) in [6, 6.07) is 0.476. The van der Waals surface area contributed by atoms with E-state index in [0.29, 0.717) is 19.2 Å². The predicted octanol–water partition coefficient (Wildman–Crippen LogP) is 2.72. The summed E-state index contributed by atoms with van der Waals surface area (Å²) in [5, 5.41) is 13.5. The van der Waals surface area contributed by atoms with E-state index in [1.54, 1.807) is 0 Å². The SMILES string of the molecule is CC[C@H](C)NC[C@H](O)COC12CC3CC(CC(C3)C1)C2. The van der Waals surface area contributed by atoms with Gasteiger partial charge in [0.25, 0.3) is 0 Å².